The Labute approximate surface area is 225 Å². The summed E-state index contributed by atoms with van der Waals surface area (Å²) >= 11 is 0. The molecule has 0 radical (unpaired) electrons. The Hall–Kier alpha value is -3.13. The molecule has 0 unspecified atom stereocenters. The van der Waals surface area contributed by atoms with Gasteiger partial charge in [-0.3, -0.25) is 0 Å². The van der Waals surface area contributed by atoms with E-state index in [0.29, 0.717) is 23.5 Å². The molecule has 0 aromatic heterocycles. The van der Waals surface area contributed by atoms with Crippen LogP contribution in [-0.4, -0.2) is 102 Å². The Bertz CT molecular complexity index is 1150. The summed E-state index contributed by atoms with van der Waals surface area (Å²) in [5, 5.41) is 51.2. The van der Waals surface area contributed by atoms with Crippen LogP contribution in [0.15, 0.2) is 36.4 Å². The lowest BCUT2D eigenvalue weighted by Gasteiger charge is -2.39. The molecule has 0 aliphatic carbocycles. The van der Waals surface area contributed by atoms with Crippen LogP contribution in [0, 0.1) is 5.92 Å². The molecule has 7 atom stereocenters. The highest BCUT2D eigenvalue weighted by atomic mass is 16.7. The Morgan fingerprint density at radius 2 is 1.49 bits per heavy atom. The minimum atomic E-state index is -1.81. The van der Waals surface area contributed by atoms with Crippen molar-refractivity contribution in [2.24, 2.45) is 5.92 Å². The van der Waals surface area contributed by atoms with Crippen molar-refractivity contribution >= 4 is 5.97 Å². The van der Waals surface area contributed by atoms with Crippen LogP contribution in [0.3, 0.4) is 0 Å². The third kappa shape index (κ3) is 5.76. The molecule has 0 bridgehead atoms. The largest absolute Gasteiger partial charge is 0.493 e. The quantitative estimate of drug-likeness (QED) is 0.242. The fraction of sp³-hybridized carbons (Fsp3) is 0.519. The fourth-order valence-corrected chi connectivity index (χ4v) is 4.86. The lowest BCUT2D eigenvalue weighted by atomic mass is 9.81. The summed E-state index contributed by atoms with van der Waals surface area (Å²) in [6.07, 6.45) is -6.98. The monoisotopic (exact) mass is 550 g/mol. The molecule has 214 valence electrons. The van der Waals surface area contributed by atoms with E-state index in [0.717, 1.165) is 5.56 Å². The van der Waals surface area contributed by atoms with E-state index in [4.69, 9.17) is 28.4 Å². The van der Waals surface area contributed by atoms with E-state index in [9.17, 15) is 30.3 Å². The van der Waals surface area contributed by atoms with Crippen molar-refractivity contribution in [2.75, 3.05) is 34.5 Å². The lowest BCUT2D eigenvalue weighted by molar-refractivity contribution is -0.277. The molecule has 2 aromatic rings. The molecule has 12 nitrogen and oxygen atoms in total. The first-order valence-corrected chi connectivity index (χ1v) is 12.4. The molecule has 2 aliphatic heterocycles. The number of aliphatic hydroxyl groups excluding tert-OH is 4. The first kappa shape index (κ1) is 28.9. The highest BCUT2D eigenvalue weighted by Crippen LogP contribution is 2.38. The third-order valence-electron chi connectivity index (χ3n) is 7.17. The maximum atomic E-state index is 12.7. The number of benzene rings is 2. The van der Waals surface area contributed by atoms with Crippen molar-refractivity contribution in [3.63, 3.8) is 0 Å². The third-order valence-corrected chi connectivity index (χ3v) is 7.17. The molecular weight excluding hydrogens is 516 g/mol. The van der Waals surface area contributed by atoms with Crippen LogP contribution < -0.4 is 18.9 Å². The molecule has 2 aliphatic rings. The number of cyclic esters (lactones) is 1. The molecular formula is C27H34O12. The predicted octanol–water partition coefficient (Wildman–Crippen LogP) is -0.420. The minimum Gasteiger partial charge on any atom is -0.493 e. The Balaban J connectivity index is 1.52. The van der Waals surface area contributed by atoms with Crippen molar-refractivity contribution in [1.82, 2.24) is 0 Å². The van der Waals surface area contributed by atoms with Gasteiger partial charge in [0, 0.05) is 12.3 Å². The zero-order valence-corrected chi connectivity index (χ0v) is 21.9. The minimum absolute atomic E-state index is 0.0408. The molecule has 12 heteroatoms. The van der Waals surface area contributed by atoms with E-state index in [-0.39, 0.29) is 24.5 Å². The summed E-state index contributed by atoms with van der Waals surface area (Å²) < 4.78 is 32.4. The number of rotatable bonds is 10. The summed E-state index contributed by atoms with van der Waals surface area (Å²) in [6, 6.07) is 10.1. The van der Waals surface area contributed by atoms with Crippen LogP contribution in [0.4, 0.5) is 0 Å². The van der Waals surface area contributed by atoms with Crippen LogP contribution in [0.2, 0.25) is 0 Å². The summed E-state index contributed by atoms with van der Waals surface area (Å²) in [6.45, 7) is -0.556. The van der Waals surface area contributed by atoms with Gasteiger partial charge in [-0.1, -0.05) is 12.1 Å². The Morgan fingerprint density at radius 1 is 0.872 bits per heavy atom. The van der Waals surface area contributed by atoms with Crippen LogP contribution in [-0.2, 0) is 27.1 Å². The van der Waals surface area contributed by atoms with E-state index >= 15 is 0 Å². The fourth-order valence-electron chi connectivity index (χ4n) is 4.86. The highest BCUT2D eigenvalue weighted by Gasteiger charge is 2.51. The SMILES string of the molecule is COc1ccc(C[C@@H]2COC(=O)[C@]2(O)Cc2ccc(O[C@H]3O[C@@H](CO)[C@H](O)[C@@H](O)[C@@H]3O)c(OC)c2)cc1OC. The number of hydrogen-bond donors (Lipinski definition) is 5. The molecule has 0 saturated carbocycles. The van der Waals surface area contributed by atoms with E-state index in [1.807, 2.05) is 6.07 Å². The van der Waals surface area contributed by atoms with Crippen molar-refractivity contribution < 1.29 is 58.7 Å². The van der Waals surface area contributed by atoms with Crippen molar-refractivity contribution in [3.8, 4) is 23.0 Å². The van der Waals surface area contributed by atoms with Crippen LogP contribution in [0.25, 0.3) is 0 Å². The maximum Gasteiger partial charge on any atom is 0.338 e. The average Bonchev–Trinajstić information content (AvgIpc) is 3.21. The molecule has 5 N–H and O–H groups in total. The second-order valence-corrected chi connectivity index (χ2v) is 9.59. The van der Waals surface area contributed by atoms with Crippen molar-refractivity contribution in [2.45, 2.75) is 49.1 Å². The normalized spacial score (nSPS) is 30.5. The smallest absolute Gasteiger partial charge is 0.338 e. The maximum absolute atomic E-state index is 12.7. The zero-order valence-electron chi connectivity index (χ0n) is 21.9. The molecule has 0 spiro atoms. The first-order chi connectivity index (χ1) is 18.6. The van der Waals surface area contributed by atoms with E-state index in [2.05, 4.69) is 0 Å². The number of carbonyl (C=O) groups excluding carboxylic acids is 1. The van der Waals surface area contributed by atoms with Crippen LogP contribution in [0.5, 0.6) is 23.0 Å². The van der Waals surface area contributed by atoms with Gasteiger partial charge in [-0.05, 0) is 41.8 Å². The highest BCUT2D eigenvalue weighted by molar-refractivity contribution is 5.82. The Kier molecular flexibility index (Phi) is 8.84. The van der Waals surface area contributed by atoms with Crippen molar-refractivity contribution in [1.29, 1.82) is 0 Å². The van der Waals surface area contributed by atoms with Gasteiger partial charge < -0.3 is 54.0 Å². The number of ether oxygens (including phenoxy) is 6. The number of esters is 1. The van der Waals surface area contributed by atoms with E-state index in [1.54, 1.807) is 24.3 Å². The second-order valence-electron chi connectivity index (χ2n) is 9.59. The molecule has 4 rings (SSSR count). The van der Waals surface area contributed by atoms with Gasteiger partial charge in [0.2, 0.25) is 6.29 Å². The number of hydrogen-bond acceptors (Lipinski definition) is 12. The van der Waals surface area contributed by atoms with Crippen LogP contribution in [0.1, 0.15) is 11.1 Å². The predicted molar refractivity (Wildman–Crippen MR) is 134 cm³/mol. The Morgan fingerprint density at radius 3 is 2.15 bits per heavy atom. The number of carbonyl (C=O) groups is 1. The number of aliphatic hydroxyl groups is 5. The molecule has 2 heterocycles. The molecule has 39 heavy (non-hydrogen) atoms. The summed E-state index contributed by atoms with van der Waals surface area (Å²) in [7, 11) is 4.45. The van der Waals surface area contributed by atoms with Gasteiger partial charge in [0.25, 0.3) is 0 Å². The molecule has 0 amide bonds. The molecule has 2 aromatic carbocycles. The van der Waals surface area contributed by atoms with Crippen molar-refractivity contribution in [3.05, 3.63) is 47.5 Å². The number of methoxy groups -OCH3 is 3. The standard InChI is InChI=1S/C27H34O12/c1-34-17-6-4-14(9-19(17)35-2)8-16-13-37-26(32)27(16,33)11-15-5-7-18(20(10-15)36-3)38-25-24(31)23(30)22(29)21(12-28)39-25/h4-7,9-10,16,21-25,28-31,33H,8,11-13H2,1-3H3/t16-,21+,22+,23-,24+,25+,27+/m1/s1. The summed E-state index contributed by atoms with van der Waals surface area (Å²) in [5.74, 6) is 0.161. The molecule has 2 fully saturated rings. The van der Waals surface area contributed by atoms with Gasteiger partial charge in [0.05, 0.1) is 34.5 Å². The van der Waals surface area contributed by atoms with Gasteiger partial charge in [-0.2, -0.15) is 0 Å². The summed E-state index contributed by atoms with van der Waals surface area (Å²) in [5.41, 5.74) is -0.431. The zero-order chi connectivity index (χ0) is 28.3. The summed E-state index contributed by atoms with van der Waals surface area (Å²) in [4.78, 5) is 12.7. The van der Waals surface area contributed by atoms with Gasteiger partial charge in [-0.25, -0.2) is 4.79 Å². The molecule has 2 saturated heterocycles. The lowest BCUT2D eigenvalue weighted by Crippen LogP contribution is -2.60. The van der Waals surface area contributed by atoms with Gasteiger partial charge in [-0.15, -0.1) is 0 Å². The second kappa shape index (κ2) is 11.9. The average molecular weight is 551 g/mol. The van der Waals surface area contributed by atoms with E-state index in [1.165, 1.54) is 27.4 Å². The first-order valence-electron chi connectivity index (χ1n) is 12.4. The van der Waals surface area contributed by atoms with Crippen LogP contribution >= 0.6 is 0 Å². The van der Waals surface area contributed by atoms with E-state index < -0.39 is 54.8 Å². The van der Waals surface area contributed by atoms with Gasteiger partial charge in [0.15, 0.2) is 28.6 Å². The topological polar surface area (TPSA) is 174 Å². The van der Waals surface area contributed by atoms with Gasteiger partial charge in [0.1, 0.15) is 24.4 Å². The van der Waals surface area contributed by atoms with Gasteiger partial charge >= 0.3 is 5.97 Å².